The molecule has 0 spiro atoms. The van der Waals surface area contributed by atoms with Crippen LogP contribution in [-0.2, 0) is 26.3 Å². The number of aromatic amines is 1. The van der Waals surface area contributed by atoms with E-state index in [-0.39, 0.29) is 23.5 Å². The highest BCUT2D eigenvalue weighted by molar-refractivity contribution is 6.14. The van der Waals surface area contributed by atoms with E-state index in [1.807, 2.05) is 24.3 Å². The molecule has 0 saturated carbocycles. The van der Waals surface area contributed by atoms with Crippen LogP contribution in [0.4, 0.5) is 0 Å². The van der Waals surface area contributed by atoms with Crippen LogP contribution in [0.25, 0.3) is 10.9 Å². The van der Waals surface area contributed by atoms with E-state index in [0.29, 0.717) is 23.4 Å². The molecule has 5 rings (SSSR count). The van der Waals surface area contributed by atoms with Crippen LogP contribution in [0.3, 0.4) is 0 Å². The summed E-state index contributed by atoms with van der Waals surface area (Å²) in [5.41, 5.74) is 0.477. The van der Waals surface area contributed by atoms with Crippen molar-refractivity contribution in [3.63, 3.8) is 0 Å². The van der Waals surface area contributed by atoms with Gasteiger partial charge in [0.25, 0.3) is 0 Å². The lowest BCUT2D eigenvalue weighted by molar-refractivity contribution is -0.153. The number of fused-ring (bicyclic) bond motifs is 5. The molecule has 2 N–H and O–H groups in total. The van der Waals surface area contributed by atoms with Gasteiger partial charge < -0.3 is 24.5 Å². The summed E-state index contributed by atoms with van der Waals surface area (Å²) in [5.74, 6) is -2.07. The number of para-hydroxylation sites is 2. The van der Waals surface area contributed by atoms with E-state index in [1.165, 1.54) is 26.5 Å². The summed E-state index contributed by atoms with van der Waals surface area (Å²) in [6, 6.07) is 14.3. The van der Waals surface area contributed by atoms with Crippen molar-refractivity contribution in [2.75, 3.05) is 20.8 Å². The Labute approximate surface area is 195 Å². The summed E-state index contributed by atoms with van der Waals surface area (Å²) in [7, 11) is 2.66. The number of carboxylic acids is 1. The third-order valence-corrected chi connectivity index (χ3v) is 6.52. The lowest BCUT2D eigenvalue weighted by Gasteiger charge is -2.46. The van der Waals surface area contributed by atoms with Gasteiger partial charge in [-0.3, -0.25) is 4.79 Å². The molecule has 1 aromatic heterocycles. The van der Waals surface area contributed by atoms with Crippen LogP contribution in [0.2, 0.25) is 0 Å². The Morgan fingerprint density at radius 1 is 1.06 bits per heavy atom. The lowest BCUT2D eigenvalue weighted by atomic mass is 9.75. The number of rotatable bonds is 5. The fraction of sp³-hybridized carbons (Fsp3) is 0.192. The van der Waals surface area contributed by atoms with Crippen LogP contribution in [0.5, 0.6) is 5.75 Å². The van der Waals surface area contributed by atoms with E-state index in [4.69, 9.17) is 9.47 Å². The smallest absolute Gasteiger partial charge is 0.340 e. The van der Waals surface area contributed by atoms with E-state index < -0.39 is 17.5 Å². The maximum Gasteiger partial charge on any atom is 0.340 e. The van der Waals surface area contributed by atoms with E-state index in [0.717, 1.165) is 16.5 Å². The number of carboxylic acid groups (broad SMARTS) is 1. The summed E-state index contributed by atoms with van der Waals surface area (Å²) in [5, 5.41) is 11.5. The summed E-state index contributed by atoms with van der Waals surface area (Å²) in [6.45, 7) is 0.290. The first kappa shape index (κ1) is 21.5. The molecule has 0 radical (unpaired) electrons. The van der Waals surface area contributed by atoms with Crippen molar-refractivity contribution in [2.24, 2.45) is 0 Å². The number of ether oxygens (including phenoxy) is 2. The molecular formula is C26H22N2O6. The number of Topliss-reactive ketones (excluding diaryl/α,β-unsaturated/α-hetero) is 1. The monoisotopic (exact) mass is 458 g/mol. The van der Waals surface area contributed by atoms with Crippen LogP contribution < -0.4 is 4.74 Å². The lowest BCUT2D eigenvalue weighted by Crippen LogP contribution is -2.57. The zero-order chi connectivity index (χ0) is 24.0. The minimum atomic E-state index is -1.86. The van der Waals surface area contributed by atoms with Gasteiger partial charge in [0.05, 0.1) is 31.1 Å². The Bertz CT molecular complexity index is 1420. The van der Waals surface area contributed by atoms with Gasteiger partial charge in [0.15, 0.2) is 5.78 Å². The van der Waals surface area contributed by atoms with E-state index in [2.05, 4.69) is 4.98 Å². The maximum atomic E-state index is 13.4. The van der Waals surface area contributed by atoms with Crippen molar-refractivity contribution in [1.29, 1.82) is 0 Å². The molecule has 34 heavy (non-hydrogen) atoms. The van der Waals surface area contributed by atoms with Crippen molar-refractivity contribution in [3.8, 4) is 5.75 Å². The molecule has 2 aliphatic heterocycles. The van der Waals surface area contributed by atoms with Crippen LogP contribution in [-0.4, -0.2) is 53.5 Å². The highest BCUT2D eigenvalue weighted by atomic mass is 16.5. The summed E-state index contributed by atoms with van der Waals surface area (Å²) in [6.07, 6.45) is 3.38. The molecular weight excluding hydrogens is 436 g/mol. The zero-order valence-electron chi connectivity index (χ0n) is 18.6. The van der Waals surface area contributed by atoms with Gasteiger partial charge in [-0.15, -0.1) is 0 Å². The average molecular weight is 458 g/mol. The van der Waals surface area contributed by atoms with Crippen molar-refractivity contribution in [2.45, 2.75) is 12.0 Å². The van der Waals surface area contributed by atoms with Crippen LogP contribution in [0.1, 0.15) is 21.6 Å². The van der Waals surface area contributed by atoms with Crippen molar-refractivity contribution in [1.82, 2.24) is 9.88 Å². The van der Waals surface area contributed by atoms with Gasteiger partial charge in [-0.1, -0.05) is 30.3 Å². The van der Waals surface area contributed by atoms with E-state index in [1.54, 1.807) is 29.2 Å². The van der Waals surface area contributed by atoms with Crippen molar-refractivity contribution >= 4 is 28.6 Å². The Morgan fingerprint density at radius 2 is 1.79 bits per heavy atom. The Hall–Kier alpha value is -4.33. The van der Waals surface area contributed by atoms with Crippen LogP contribution >= 0.6 is 0 Å². The molecule has 0 amide bonds. The van der Waals surface area contributed by atoms with Crippen molar-refractivity contribution in [3.05, 3.63) is 88.8 Å². The molecule has 1 atom stereocenters. The van der Waals surface area contributed by atoms with Crippen molar-refractivity contribution < 1.29 is 29.0 Å². The Kier molecular flexibility index (Phi) is 5.01. The largest absolute Gasteiger partial charge is 0.496 e. The second kappa shape index (κ2) is 7.91. The highest BCUT2D eigenvalue weighted by Crippen LogP contribution is 2.47. The molecule has 1 unspecified atom stereocenters. The third-order valence-electron chi connectivity index (χ3n) is 6.52. The number of allylic oxidation sites excluding steroid dienone is 2. The first-order valence-electron chi connectivity index (χ1n) is 10.7. The normalized spacial score (nSPS) is 18.9. The van der Waals surface area contributed by atoms with Gasteiger partial charge in [-0.2, -0.15) is 0 Å². The van der Waals surface area contributed by atoms with Gasteiger partial charge in [-0.05, 0) is 36.3 Å². The van der Waals surface area contributed by atoms with Gasteiger partial charge in [0.1, 0.15) is 5.75 Å². The molecule has 2 aromatic carbocycles. The number of aliphatic carboxylic acids is 1. The molecule has 3 heterocycles. The number of nitrogens with zero attached hydrogens (tertiary/aromatic N) is 1. The van der Waals surface area contributed by atoms with Crippen LogP contribution in [0, 0.1) is 0 Å². The van der Waals surface area contributed by atoms with Gasteiger partial charge in [0, 0.05) is 29.2 Å². The number of aromatic nitrogens is 1. The number of methoxy groups -OCH3 is 2. The predicted molar refractivity (Wildman–Crippen MR) is 124 cm³/mol. The number of ketones is 1. The van der Waals surface area contributed by atoms with Gasteiger partial charge >= 0.3 is 11.9 Å². The molecule has 2 aliphatic rings. The Morgan fingerprint density at radius 3 is 2.53 bits per heavy atom. The molecule has 0 fully saturated rings. The number of hydrogen-bond donors (Lipinski definition) is 2. The quantitative estimate of drug-likeness (QED) is 0.446. The molecule has 0 bridgehead atoms. The standard InChI is InChI=1S/C26H22N2O6/c1-33-21-10-6-4-8-18(21)22(29)15-13-19(24(30)34-2)26(25(31)32)23-17(11-12-28(26)14-15)16-7-3-5-9-20(16)27-23/h3-10,13-14,27H,11-12H2,1-2H3,(H,31,32). The second-order valence-electron chi connectivity index (χ2n) is 8.15. The number of benzene rings is 2. The second-order valence-corrected chi connectivity index (χ2v) is 8.15. The average Bonchev–Trinajstić information content (AvgIpc) is 3.26. The fourth-order valence-corrected chi connectivity index (χ4v) is 5.00. The minimum absolute atomic E-state index is 0.143. The molecule has 172 valence electrons. The number of H-pyrrole nitrogens is 1. The predicted octanol–water partition coefficient (Wildman–Crippen LogP) is 3.19. The number of carbonyl (C=O) groups excluding carboxylic acids is 2. The van der Waals surface area contributed by atoms with E-state index >= 15 is 0 Å². The molecule has 0 aliphatic carbocycles. The minimum Gasteiger partial charge on any atom is -0.496 e. The first-order valence-corrected chi connectivity index (χ1v) is 10.7. The number of esters is 1. The van der Waals surface area contributed by atoms with Crippen LogP contribution in [0.15, 0.2) is 72.0 Å². The summed E-state index contributed by atoms with van der Waals surface area (Å²) < 4.78 is 10.3. The molecule has 3 aromatic rings. The van der Waals surface area contributed by atoms with E-state index in [9.17, 15) is 19.5 Å². The number of carbonyl (C=O) groups is 3. The topological polar surface area (TPSA) is 109 Å². The molecule has 0 saturated heterocycles. The zero-order valence-corrected chi connectivity index (χ0v) is 18.6. The highest BCUT2D eigenvalue weighted by Gasteiger charge is 2.57. The number of nitrogens with one attached hydrogen (secondary N) is 1. The Balaban J connectivity index is 1.74. The first-order chi connectivity index (χ1) is 16.4. The molecule has 8 nitrogen and oxygen atoms in total. The summed E-state index contributed by atoms with van der Waals surface area (Å²) >= 11 is 0. The molecule has 8 heteroatoms. The van der Waals surface area contributed by atoms with Gasteiger partial charge in [-0.25, -0.2) is 9.59 Å². The van der Waals surface area contributed by atoms with Gasteiger partial charge in [0.2, 0.25) is 5.54 Å². The number of hydrogen-bond acceptors (Lipinski definition) is 6. The summed E-state index contributed by atoms with van der Waals surface area (Å²) in [4.78, 5) is 44.2. The fourth-order valence-electron chi connectivity index (χ4n) is 5.00. The third kappa shape index (κ3) is 2.88. The maximum absolute atomic E-state index is 13.4. The SMILES string of the molecule is COC(=O)C1=CC(C(=O)c2ccccc2OC)=CN2CCc3c([nH]c4ccccc34)C12C(=O)O.